The van der Waals surface area contributed by atoms with E-state index >= 15 is 0 Å². The maximum atomic E-state index is 12.4. The van der Waals surface area contributed by atoms with Crippen molar-refractivity contribution in [3.8, 4) is 6.07 Å². The molecule has 0 saturated carbocycles. The zero-order valence-corrected chi connectivity index (χ0v) is 7.47. The predicted molar refractivity (Wildman–Crippen MR) is 46.1 cm³/mol. The molecule has 5 heteroatoms. The number of rotatable bonds is 2. The van der Waals surface area contributed by atoms with Gasteiger partial charge in [-0.05, 0) is 18.1 Å². The summed E-state index contributed by atoms with van der Waals surface area (Å²) in [6.07, 6.45) is -2.75. The van der Waals surface area contributed by atoms with Crippen molar-refractivity contribution < 1.29 is 8.78 Å². The van der Waals surface area contributed by atoms with Crippen molar-refractivity contribution in [1.82, 2.24) is 4.98 Å². The number of H-pyrrole nitrogens is 1. The Morgan fingerprint density at radius 3 is 2.79 bits per heavy atom. The predicted octanol–water partition coefficient (Wildman–Crippen LogP) is 1.69. The van der Waals surface area contributed by atoms with Gasteiger partial charge in [-0.2, -0.15) is 5.26 Å². The molecule has 1 rings (SSSR count). The fourth-order valence-corrected chi connectivity index (χ4v) is 1.19. The summed E-state index contributed by atoms with van der Waals surface area (Å²) in [4.78, 5) is 13.0. The zero-order chi connectivity index (χ0) is 10.7. The van der Waals surface area contributed by atoms with Gasteiger partial charge in [-0.15, -0.1) is 0 Å². The van der Waals surface area contributed by atoms with Gasteiger partial charge < -0.3 is 4.98 Å². The van der Waals surface area contributed by atoms with E-state index in [0.717, 1.165) is 0 Å². The number of halogens is 2. The first-order valence-electron chi connectivity index (χ1n) is 3.94. The van der Waals surface area contributed by atoms with Crippen LogP contribution in [0.25, 0.3) is 0 Å². The number of aromatic amines is 1. The maximum Gasteiger partial charge on any atom is 0.278 e. The van der Waals surface area contributed by atoms with Gasteiger partial charge >= 0.3 is 0 Å². The summed E-state index contributed by atoms with van der Waals surface area (Å²) in [5.74, 6) is 0. The summed E-state index contributed by atoms with van der Waals surface area (Å²) >= 11 is 0. The number of aromatic nitrogens is 1. The zero-order valence-electron chi connectivity index (χ0n) is 7.47. The van der Waals surface area contributed by atoms with Gasteiger partial charge in [-0.3, -0.25) is 4.79 Å². The fraction of sp³-hybridized carbons (Fsp3) is 0.333. The molecular weight excluding hydrogens is 190 g/mol. The lowest BCUT2D eigenvalue weighted by molar-refractivity contribution is 0.145. The molecule has 0 bridgehead atoms. The van der Waals surface area contributed by atoms with Crippen molar-refractivity contribution in [3.63, 3.8) is 0 Å². The highest BCUT2D eigenvalue weighted by Crippen LogP contribution is 2.21. The van der Waals surface area contributed by atoms with Crippen LogP contribution in [-0.4, -0.2) is 4.98 Å². The summed E-state index contributed by atoms with van der Waals surface area (Å²) in [5, 5.41) is 8.41. The Morgan fingerprint density at radius 2 is 2.29 bits per heavy atom. The summed E-state index contributed by atoms with van der Waals surface area (Å²) < 4.78 is 24.8. The quantitative estimate of drug-likeness (QED) is 0.786. The summed E-state index contributed by atoms with van der Waals surface area (Å²) in [7, 11) is 0. The number of alkyl halides is 2. The van der Waals surface area contributed by atoms with Crippen molar-refractivity contribution in [2.75, 3.05) is 0 Å². The first kappa shape index (κ1) is 10.4. The van der Waals surface area contributed by atoms with Gasteiger partial charge in [0.25, 0.3) is 6.43 Å². The molecule has 0 aliphatic rings. The Balaban J connectivity index is 3.34. The molecule has 1 heterocycles. The Morgan fingerprint density at radius 1 is 1.64 bits per heavy atom. The van der Waals surface area contributed by atoms with E-state index in [1.54, 1.807) is 0 Å². The van der Waals surface area contributed by atoms with Gasteiger partial charge in [-0.1, -0.05) is 0 Å². The summed E-state index contributed by atoms with van der Waals surface area (Å²) in [5.41, 5.74) is -0.369. The molecule has 1 aromatic heterocycles. The van der Waals surface area contributed by atoms with Crippen LogP contribution in [0.1, 0.15) is 23.2 Å². The normalized spacial score (nSPS) is 10.2. The lowest BCUT2D eigenvalue weighted by Crippen LogP contribution is -2.12. The van der Waals surface area contributed by atoms with Crippen LogP contribution in [-0.2, 0) is 6.42 Å². The number of hydrogen-bond acceptors (Lipinski definition) is 2. The third-order valence-corrected chi connectivity index (χ3v) is 1.94. The SMILES string of the molecule is Cc1c(CC#N)cc(=O)[nH]c1C(F)F. The Kier molecular flexibility index (Phi) is 2.97. The van der Waals surface area contributed by atoms with Crippen molar-refractivity contribution in [2.24, 2.45) is 0 Å². The monoisotopic (exact) mass is 198 g/mol. The van der Waals surface area contributed by atoms with E-state index < -0.39 is 17.7 Å². The first-order valence-corrected chi connectivity index (χ1v) is 3.94. The molecule has 0 saturated heterocycles. The van der Waals surface area contributed by atoms with E-state index in [2.05, 4.69) is 4.98 Å². The van der Waals surface area contributed by atoms with Gasteiger partial charge in [0.1, 0.15) is 0 Å². The topological polar surface area (TPSA) is 56.6 Å². The number of nitrogens with zero attached hydrogens (tertiary/aromatic N) is 1. The van der Waals surface area contributed by atoms with Gasteiger partial charge in [0.2, 0.25) is 5.56 Å². The minimum Gasteiger partial charge on any atom is -0.321 e. The van der Waals surface area contributed by atoms with Crippen LogP contribution in [0, 0.1) is 18.3 Å². The van der Waals surface area contributed by atoms with Crippen LogP contribution < -0.4 is 5.56 Å². The summed E-state index contributed by atoms with van der Waals surface area (Å²) in [6.45, 7) is 1.46. The van der Waals surface area contributed by atoms with Crippen molar-refractivity contribution in [2.45, 2.75) is 19.8 Å². The van der Waals surface area contributed by atoms with Crippen LogP contribution >= 0.6 is 0 Å². The summed E-state index contributed by atoms with van der Waals surface area (Å²) in [6, 6.07) is 2.99. The van der Waals surface area contributed by atoms with Gasteiger partial charge in [0, 0.05) is 6.07 Å². The lowest BCUT2D eigenvalue weighted by Gasteiger charge is -2.07. The van der Waals surface area contributed by atoms with Crippen LogP contribution in [0.4, 0.5) is 8.78 Å². The molecule has 0 spiro atoms. The number of nitriles is 1. The van der Waals surface area contributed by atoms with E-state index in [9.17, 15) is 13.6 Å². The molecule has 0 unspecified atom stereocenters. The molecule has 0 radical (unpaired) electrons. The van der Waals surface area contributed by atoms with Gasteiger partial charge in [0.15, 0.2) is 0 Å². The highest BCUT2D eigenvalue weighted by atomic mass is 19.3. The van der Waals surface area contributed by atoms with Gasteiger partial charge in [0.05, 0.1) is 18.2 Å². The average Bonchev–Trinajstić information content (AvgIpc) is 2.10. The minimum absolute atomic E-state index is 0.0323. The van der Waals surface area contributed by atoms with Crippen molar-refractivity contribution >= 4 is 0 Å². The second-order valence-corrected chi connectivity index (χ2v) is 2.83. The van der Waals surface area contributed by atoms with Crippen molar-refractivity contribution in [1.29, 1.82) is 5.26 Å². The van der Waals surface area contributed by atoms with Crippen LogP contribution in [0.15, 0.2) is 10.9 Å². The standard InChI is InChI=1S/C9H8F2N2O/c1-5-6(2-3-12)4-7(14)13-8(5)9(10)11/h4,9H,2H2,1H3,(H,13,14). The largest absolute Gasteiger partial charge is 0.321 e. The Labute approximate surface area is 79.0 Å². The van der Waals surface area contributed by atoms with E-state index in [-0.39, 0.29) is 12.0 Å². The maximum absolute atomic E-state index is 12.4. The molecule has 3 nitrogen and oxygen atoms in total. The van der Waals surface area contributed by atoms with E-state index in [1.165, 1.54) is 13.0 Å². The lowest BCUT2D eigenvalue weighted by atomic mass is 10.1. The fourth-order valence-electron chi connectivity index (χ4n) is 1.19. The average molecular weight is 198 g/mol. The smallest absolute Gasteiger partial charge is 0.278 e. The van der Waals surface area contributed by atoms with Gasteiger partial charge in [-0.25, -0.2) is 8.78 Å². The van der Waals surface area contributed by atoms with Crippen LogP contribution in [0.3, 0.4) is 0 Å². The molecule has 0 atom stereocenters. The number of nitrogens with one attached hydrogen (secondary N) is 1. The molecule has 0 aromatic carbocycles. The highest BCUT2D eigenvalue weighted by Gasteiger charge is 2.14. The molecule has 0 aliphatic heterocycles. The molecular formula is C9H8F2N2O. The molecule has 0 fully saturated rings. The first-order chi connectivity index (χ1) is 6.56. The molecule has 1 aromatic rings. The Bertz CT molecular complexity index is 431. The van der Waals surface area contributed by atoms with Crippen LogP contribution in [0.5, 0.6) is 0 Å². The minimum atomic E-state index is -2.72. The molecule has 1 N–H and O–H groups in total. The Hall–Kier alpha value is -1.70. The molecule has 0 amide bonds. The van der Waals surface area contributed by atoms with E-state index in [0.29, 0.717) is 5.56 Å². The third-order valence-electron chi connectivity index (χ3n) is 1.94. The van der Waals surface area contributed by atoms with E-state index in [1.807, 2.05) is 6.07 Å². The van der Waals surface area contributed by atoms with Crippen LogP contribution in [0.2, 0.25) is 0 Å². The third kappa shape index (κ3) is 1.96. The number of hydrogen-bond donors (Lipinski definition) is 1. The molecule has 0 aliphatic carbocycles. The highest BCUT2D eigenvalue weighted by molar-refractivity contribution is 5.31. The molecule has 14 heavy (non-hydrogen) atoms. The van der Waals surface area contributed by atoms with E-state index in [4.69, 9.17) is 5.26 Å². The number of pyridine rings is 1. The molecule has 74 valence electrons. The second-order valence-electron chi connectivity index (χ2n) is 2.83. The second kappa shape index (κ2) is 4.01. The van der Waals surface area contributed by atoms with Crippen molar-refractivity contribution in [3.05, 3.63) is 33.2 Å².